The highest BCUT2D eigenvalue weighted by Gasteiger charge is 2.18. The van der Waals surface area contributed by atoms with Gasteiger partial charge in [0.15, 0.2) is 0 Å². The second-order valence-corrected chi connectivity index (χ2v) is 4.32. The number of nitrogens with zero attached hydrogens (tertiary/aromatic N) is 2. The van der Waals surface area contributed by atoms with Crippen LogP contribution in [0.3, 0.4) is 0 Å². The van der Waals surface area contributed by atoms with E-state index in [2.05, 4.69) is 10.5 Å². The lowest BCUT2D eigenvalue weighted by Gasteiger charge is -2.02. The van der Waals surface area contributed by atoms with Crippen LogP contribution in [-0.4, -0.2) is 16.5 Å². The number of amides is 1. The fourth-order valence-corrected chi connectivity index (χ4v) is 1.70. The molecule has 0 atom stereocenters. The molecular formula is C14H13N3O4. The zero-order valence-electron chi connectivity index (χ0n) is 11.5. The number of para-hydroxylation sites is 1. The summed E-state index contributed by atoms with van der Waals surface area (Å²) in [7, 11) is 0. The molecule has 1 N–H and O–H groups in total. The fraction of sp³-hybridized carbons (Fsp3) is 0.143. The molecule has 0 saturated heterocycles. The minimum Gasteiger partial charge on any atom is -0.460 e. The van der Waals surface area contributed by atoms with E-state index < -0.39 is 10.8 Å². The highest BCUT2D eigenvalue weighted by atomic mass is 16.6. The van der Waals surface area contributed by atoms with E-state index in [-0.39, 0.29) is 11.3 Å². The number of nitro groups is 1. The van der Waals surface area contributed by atoms with Crippen LogP contribution >= 0.6 is 0 Å². The Hall–Kier alpha value is -2.96. The van der Waals surface area contributed by atoms with Gasteiger partial charge in [0.25, 0.3) is 11.6 Å². The second kappa shape index (κ2) is 6.00. The van der Waals surface area contributed by atoms with Crippen molar-refractivity contribution in [3.05, 3.63) is 63.6 Å². The van der Waals surface area contributed by atoms with Crippen molar-refractivity contribution >= 4 is 17.3 Å². The first-order valence-corrected chi connectivity index (χ1v) is 6.14. The third-order valence-electron chi connectivity index (χ3n) is 2.77. The minimum absolute atomic E-state index is 0.0466. The molecule has 0 spiro atoms. The van der Waals surface area contributed by atoms with E-state index in [9.17, 15) is 14.9 Å². The Morgan fingerprint density at radius 1 is 1.29 bits per heavy atom. The maximum atomic E-state index is 12.0. The number of hydrazone groups is 1. The number of furan rings is 1. The first kappa shape index (κ1) is 14.4. The molecule has 2 aromatic rings. The average molecular weight is 287 g/mol. The summed E-state index contributed by atoms with van der Waals surface area (Å²) in [4.78, 5) is 22.2. The minimum atomic E-state index is -0.648. The van der Waals surface area contributed by atoms with Crippen molar-refractivity contribution in [1.29, 1.82) is 0 Å². The van der Waals surface area contributed by atoms with Gasteiger partial charge in [-0.25, -0.2) is 5.43 Å². The monoisotopic (exact) mass is 287 g/mol. The molecule has 1 aromatic carbocycles. The van der Waals surface area contributed by atoms with E-state index in [0.717, 1.165) is 5.76 Å². The zero-order valence-corrected chi connectivity index (χ0v) is 11.5. The fourth-order valence-electron chi connectivity index (χ4n) is 1.70. The number of hydrogen-bond acceptors (Lipinski definition) is 5. The summed E-state index contributed by atoms with van der Waals surface area (Å²) in [5, 5.41) is 14.7. The van der Waals surface area contributed by atoms with E-state index in [1.807, 2.05) is 0 Å². The molecule has 7 heteroatoms. The van der Waals surface area contributed by atoms with Crippen LogP contribution < -0.4 is 5.43 Å². The van der Waals surface area contributed by atoms with Gasteiger partial charge in [0, 0.05) is 6.07 Å². The summed E-state index contributed by atoms with van der Waals surface area (Å²) in [6.07, 6.45) is 0. The lowest BCUT2D eigenvalue weighted by atomic mass is 10.2. The smallest absolute Gasteiger partial charge is 0.282 e. The average Bonchev–Trinajstić information content (AvgIpc) is 2.91. The predicted octanol–water partition coefficient (Wildman–Crippen LogP) is 2.65. The molecule has 0 aliphatic heterocycles. The van der Waals surface area contributed by atoms with Gasteiger partial charge in [-0.1, -0.05) is 12.1 Å². The molecule has 0 saturated carbocycles. The van der Waals surface area contributed by atoms with Crippen molar-refractivity contribution in [2.75, 3.05) is 0 Å². The Labute approximate surface area is 120 Å². The van der Waals surface area contributed by atoms with Crippen molar-refractivity contribution in [1.82, 2.24) is 5.43 Å². The van der Waals surface area contributed by atoms with E-state index in [1.165, 1.54) is 18.2 Å². The number of nitrogens with one attached hydrogen (secondary N) is 1. The third-order valence-corrected chi connectivity index (χ3v) is 2.77. The number of benzene rings is 1. The number of aryl methyl sites for hydroxylation is 1. The summed E-state index contributed by atoms with van der Waals surface area (Å²) in [5.41, 5.74) is 2.44. The normalized spacial score (nSPS) is 11.2. The van der Waals surface area contributed by atoms with Gasteiger partial charge in [0.1, 0.15) is 22.8 Å². The Morgan fingerprint density at radius 2 is 2.00 bits per heavy atom. The summed E-state index contributed by atoms with van der Waals surface area (Å²) >= 11 is 0. The van der Waals surface area contributed by atoms with Gasteiger partial charge in [0.2, 0.25) is 0 Å². The molecule has 0 fully saturated rings. The SMILES string of the molecule is C/C(=N\NC(=O)c1ccccc1[N+](=O)[O-])c1ccc(C)o1. The molecule has 0 aliphatic rings. The lowest BCUT2D eigenvalue weighted by molar-refractivity contribution is -0.385. The van der Waals surface area contributed by atoms with Gasteiger partial charge in [-0.2, -0.15) is 5.10 Å². The number of hydrogen-bond donors (Lipinski definition) is 1. The molecule has 1 aromatic heterocycles. The Kier molecular flexibility index (Phi) is 4.13. The van der Waals surface area contributed by atoms with Gasteiger partial charge in [-0.3, -0.25) is 14.9 Å². The highest BCUT2D eigenvalue weighted by molar-refractivity contribution is 6.01. The molecule has 0 aliphatic carbocycles. The quantitative estimate of drug-likeness (QED) is 0.531. The van der Waals surface area contributed by atoms with Crippen molar-refractivity contribution in [3.63, 3.8) is 0 Å². The molecule has 2 rings (SSSR count). The molecule has 108 valence electrons. The maximum absolute atomic E-state index is 12.0. The highest BCUT2D eigenvalue weighted by Crippen LogP contribution is 2.17. The second-order valence-electron chi connectivity index (χ2n) is 4.32. The molecule has 0 radical (unpaired) electrons. The van der Waals surface area contributed by atoms with E-state index in [0.29, 0.717) is 11.5 Å². The van der Waals surface area contributed by atoms with Crippen molar-refractivity contribution < 1.29 is 14.1 Å². The van der Waals surface area contributed by atoms with Crippen LogP contribution in [0.4, 0.5) is 5.69 Å². The van der Waals surface area contributed by atoms with Crippen LogP contribution in [0.25, 0.3) is 0 Å². The van der Waals surface area contributed by atoms with Gasteiger partial charge in [-0.15, -0.1) is 0 Å². The van der Waals surface area contributed by atoms with Gasteiger partial charge < -0.3 is 4.42 Å². The van der Waals surface area contributed by atoms with Crippen molar-refractivity contribution in [2.45, 2.75) is 13.8 Å². The van der Waals surface area contributed by atoms with Crippen LogP contribution in [0.1, 0.15) is 28.8 Å². The maximum Gasteiger partial charge on any atom is 0.282 e. The summed E-state index contributed by atoms with van der Waals surface area (Å²) in [5.74, 6) is 0.602. The number of carbonyl (C=O) groups excluding carboxylic acids is 1. The Balaban J connectivity index is 2.17. The van der Waals surface area contributed by atoms with Gasteiger partial charge in [0.05, 0.1) is 4.92 Å². The Bertz CT molecular complexity index is 719. The lowest BCUT2D eigenvalue weighted by Crippen LogP contribution is -2.20. The van der Waals surface area contributed by atoms with E-state index in [1.54, 1.807) is 32.0 Å². The van der Waals surface area contributed by atoms with Crippen LogP contribution in [0.2, 0.25) is 0 Å². The van der Waals surface area contributed by atoms with E-state index >= 15 is 0 Å². The molecule has 21 heavy (non-hydrogen) atoms. The number of nitro benzene ring substituents is 1. The van der Waals surface area contributed by atoms with Crippen LogP contribution in [-0.2, 0) is 0 Å². The first-order valence-electron chi connectivity index (χ1n) is 6.14. The zero-order chi connectivity index (χ0) is 15.4. The summed E-state index contributed by atoms with van der Waals surface area (Å²) in [6, 6.07) is 9.18. The standard InChI is InChI=1S/C14H13N3O4/c1-9-7-8-13(21-9)10(2)15-16-14(18)11-5-3-4-6-12(11)17(19)20/h3-8H,1-2H3,(H,16,18)/b15-10+. The van der Waals surface area contributed by atoms with E-state index in [4.69, 9.17) is 4.42 Å². The molecule has 7 nitrogen and oxygen atoms in total. The largest absolute Gasteiger partial charge is 0.460 e. The summed E-state index contributed by atoms with van der Waals surface area (Å²) < 4.78 is 5.35. The molecule has 1 amide bonds. The predicted molar refractivity (Wildman–Crippen MR) is 76.2 cm³/mol. The molecule has 0 bridgehead atoms. The molecule has 1 heterocycles. The van der Waals surface area contributed by atoms with Gasteiger partial charge >= 0.3 is 0 Å². The van der Waals surface area contributed by atoms with Crippen molar-refractivity contribution in [2.24, 2.45) is 5.10 Å². The van der Waals surface area contributed by atoms with Crippen LogP contribution in [0.5, 0.6) is 0 Å². The van der Waals surface area contributed by atoms with Crippen LogP contribution in [0, 0.1) is 17.0 Å². The van der Waals surface area contributed by atoms with Gasteiger partial charge in [-0.05, 0) is 32.0 Å². The summed E-state index contributed by atoms with van der Waals surface area (Å²) in [6.45, 7) is 3.46. The van der Waals surface area contributed by atoms with Crippen molar-refractivity contribution in [3.8, 4) is 0 Å². The Morgan fingerprint density at radius 3 is 2.62 bits per heavy atom. The molecular weight excluding hydrogens is 274 g/mol. The number of rotatable bonds is 4. The first-order chi connectivity index (χ1) is 9.99. The molecule has 0 unspecified atom stereocenters. The van der Waals surface area contributed by atoms with Crippen LogP contribution in [0.15, 0.2) is 45.9 Å². The number of carbonyl (C=O) groups is 1. The third kappa shape index (κ3) is 3.33. The topological polar surface area (TPSA) is 97.7 Å².